The molecular weight excluding hydrogens is 284 g/mol. The van der Waals surface area contributed by atoms with Gasteiger partial charge in [0.25, 0.3) is 5.91 Å². The number of rotatable bonds is 3. The number of nitrogens with one attached hydrogen (secondary N) is 1. The van der Waals surface area contributed by atoms with E-state index >= 15 is 0 Å². The average Bonchev–Trinajstić information content (AvgIpc) is 2.54. The van der Waals surface area contributed by atoms with Crippen molar-refractivity contribution in [3.63, 3.8) is 0 Å². The van der Waals surface area contributed by atoms with Crippen LogP contribution in [0, 0.1) is 6.92 Å². The van der Waals surface area contributed by atoms with Gasteiger partial charge in [-0.1, -0.05) is 48.0 Å². The fourth-order valence-electron chi connectivity index (χ4n) is 2.58. The molecule has 1 aromatic heterocycles. The minimum atomic E-state index is -0.0630. The van der Waals surface area contributed by atoms with Crippen molar-refractivity contribution in [3.8, 4) is 11.3 Å². The molecule has 23 heavy (non-hydrogen) atoms. The van der Waals surface area contributed by atoms with Crippen LogP contribution in [0.4, 0.5) is 0 Å². The molecule has 0 aliphatic rings. The zero-order chi connectivity index (χ0) is 16.4. The highest BCUT2D eigenvalue weighted by Crippen LogP contribution is 2.25. The highest BCUT2D eigenvalue weighted by atomic mass is 16.1. The van der Waals surface area contributed by atoms with Gasteiger partial charge < -0.3 is 5.32 Å². The maximum absolute atomic E-state index is 12.6. The SMILES string of the molecule is Cc1ccc(-c2cc(C(=O)NC(C)C)c3ccccc3n2)cc1. The first-order valence-electron chi connectivity index (χ1n) is 7.82. The van der Waals surface area contributed by atoms with Crippen molar-refractivity contribution in [3.05, 3.63) is 65.7 Å². The van der Waals surface area contributed by atoms with Crippen LogP contribution in [0.1, 0.15) is 29.8 Å². The lowest BCUT2D eigenvalue weighted by atomic mass is 10.0. The minimum Gasteiger partial charge on any atom is -0.350 e. The number of nitrogens with zero attached hydrogens (tertiary/aromatic N) is 1. The Morgan fingerprint density at radius 2 is 1.74 bits per heavy atom. The summed E-state index contributed by atoms with van der Waals surface area (Å²) in [5.74, 6) is -0.0630. The normalized spacial score (nSPS) is 11.0. The maximum atomic E-state index is 12.6. The Morgan fingerprint density at radius 3 is 2.43 bits per heavy atom. The van der Waals surface area contributed by atoms with Crippen LogP contribution in [0.25, 0.3) is 22.2 Å². The molecule has 3 nitrogen and oxygen atoms in total. The molecule has 116 valence electrons. The van der Waals surface area contributed by atoms with Gasteiger partial charge in [0.1, 0.15) is 0 Å². The monoisotopic (exact) mass is 304 g/mol. The second-order valence-electron chi connectivity index (χ2n) is 6.07. The number of carbonyl (C=O) groups is 1. The molecule has 0 saturated carbocycles. The van der Waals surface area contributed by atoms with Gasteiger partial charge in [0.2, 0.25) is 0 Å². The zero-order valence-corrected chi connectivity index (χ0v) is 13.6. The number of pyridine rings is 1. The first-order chi connectivity index (χ1) is 11.0. The van der Waals surface area contributed by atoms with E-state index < -0.39 is 0 Å². The summed E-state index contributed by atoms with van der Waals surface area (Å²) in [6.07, 6.45) is 0. The topological polar surface area (TPSA) is 42.0 Å². The van der Waals surface area contributed by atoms with Gasteiger partial charge in [-0.05, 0) is 32.9 Å². The first-order valence-corrected chi connectivity index (χ1v) is 7.82. The predicted octanol–water partition coefficient (Wildman–Crippen LogP) is 4.35. The number of hydrogen-bond donors (Lipinski definition) is 1. The molecule has 0 fully saturated rings. The van der Waals surface area contributed by atoms with Crippen LogP contribution in [-0.4, -0.2) is 16.9 Å². The minimum absolute atomic E-state index is 0.0630. The Morgan fingerprint density at radius 1 is 1.04 bits per heavy atom. The molecule has 3 rings (SSSR count). The van der Waals surface area contributed by atoms with E-state index in [-0.39, 0.29) is 11.9 Å². The summed E-state index contributed by atoms with van der Waals surface area (Å²) in [5, 5.41) is 3.85. The molecule has 1 amide bonds. The fraction of sp³-hybridized carbons (Fsp3) is 0.200. The lowest BCUT2D eigenvalue weighted by Crippen LogP contribution is -2.30. The van der Waals surface area contributed by atoms with E-state index in [4.69, 9.17) is 4.98 Å². The molecule has 0 aliphatic heterocycles. The van der Waals surface area contributed by atoms with Gasteiger partial charge in [0, 0.05) is 17.0 Å². The molecule has 1 heterocycles. The van der Waals surface area contributed by atoms with E-state index in [0.717, 1.165) is 22.2 Å². The number of benzene rings is 2. The molecule has 0 radical (unpaired) electrons. The van der Waals surface area contributed by atoms with Gasteiger partial charge in [0.05, 0.1) is 16.8 Å². The van der Waals surface area contributed by atoms with E-state index in [1.54, 1.807) is 0 Å². The quantitative estimate of drug-likeness (QED) is 0.781. The van der Waals surface area contributed by atoms with Crippen LogP contribution in [-0.2, 0) is 0 Å². The highest BCUT2D eigenvalue weighted by Gasteiger charge is 2.14. The van der Waals surface area contributed by atoms with Crippen LogP contribution >= 0.6 is 0 Å². The molecular formula is C20H20N2O. The zero-order valence-electron chi connectivity index (χ0n) is 13.6. The summed E-state index contributed by atoms with van der Waals surface area (Å²) >= 11 is 0. The van der Waals surface area contributed by atoms with E-state index in [9.17, 15) is 4.79 Å². The Labute approximate surface area is 136 Å². The van der Waals surface area contributed by atoms with Crippen LogP contribution in [0.15, 0.2) is 54.6 Å². The smallest absolute Gasteiger partial charge is 0.252 e. The first kappa shape index (κ1) is 15.2. The number of aromatic nitrogens is 1. The summed E-state index contributed by atoms with van der Waals surface area (Å²) in [6.45, 7) is 5.98. The maximum Gasteiger partial charge on any atom is 0.252 e. The second kappa shape index (κ2) is 6.21. The Bertz CT molecular complexity index is 851. The number of amides is 1. The molecule has 3 aromatic rings. The van der Waals surface area contributed by atoms with E-state index in [1.807, 2.05) is 56.3 Å². The number of para-hydroxylation sites is 1. The molecule has 3 heteroatoms. The van der Waals surface area contributed by atoms with Gasteiger partial charge in [-0.15, -0.1) is 0 Å². The summed E-state index contributed by atoms with van der Waals surface area (Å²) in [7, 11) is 0. The van der Waals surface area contributed by atoms with Crippen molar-refractivity contribution in [2.75, 3.05) is 0 Å². The largest absolute Gasteiger partial charge is 0.350 e. The third-order valence-corrected chi connectivity index (χ3v) is 3.73. The lowest BCUT2D eigenvalue weighted by molar-refractivity contribution is 0.0945. The number of hydrogen-bond acceptors (Lipinski definition) is 2. The van der Waals surface area contributed by atoms with E-state index in [0.29, 0.717) is 5.56 Å². The van der Waals surface area contributed by atoms with Crippen LogP contribution in [0.5, 0.6) is 0 Å². The van der Waals surface area contributed by atoms with Crippen molar-refractivity contribution < 1.29 is 4.79 Å². The van der Waals surface area contributed by atoms with E-state index in [1.165, 1.54) is 5.56 Å². The van der Waals surface area contributed by atoms with Crippen LogP contribution < -0.4 is 5.32 Å². The Balaban J connectivity index is 2.17. The second-order valence-corrected chi connectivity index (χ2v) is 6.07. The average molecular weight is 304 g/mol. The van der Waals surface area contributed by atoms with Gasteiger partial charge in [-0.2, -0.15) is 0 Å². The summed E-state index contributed by atoms with van der Waals surface area (Å²) in [4.78, 5) is 17.3. The van der Waals surface area contributed by atoms with Gasteiger partial charge in [-0.25, -0.2) is 4.98 Å². The van der Waals surface area contributed by atoms with Crippen LogP contribution in [0.3, 0.4) is 0 Å². The third-order valence-electron chi connectivity index (χ3n) is 3.73. The summed E-state index contributed by atoms with van der Waals surface area (Å²) in [5.41, 5.74) is 4.53. The Hall–Kier alpha value is -2.68. The van der Waals surface area contributed by atoms with Crippen LogP contribution in [0.2, 0.25) is 0 Å². The third kappa shape index (κ3) is 3.24. The molecule has 1 N–H and O–H groups in total. The van der Waals surface area contributed by atoms with Crippen molar-refractivity contribution in [2.24, 2.45) is 0 Å². The predicted molar refractivity (Wildman–Crippen MR) is 94.5 cm³/mol. The van der Waals surface area contributed by atoms with Crippen molar-refractivity contribution >= 4 is 16.8 Å². The molecule has 0 spiro atoms. The van der Waals surface area contributed by atoms with E-state index in [2.05, 4.69) is 24.4 Å². The highest BCUT2D eigenvalue weighted by molar-refractivity contribution is 6.07. The molecule has 0 aliphatic carbocycles. The fourth-order valence-corrected chi connectivity index (χ4v) is 2.58. The number of carbonyl (C=O) groups excluding carboxylic acids is 1. The number of fused-ring (bicyclic) bond motifs is 1. The standard InChI is InChI=1S/C20H20N2O/c1-13(2)21-20(23)17-12-19(15-10-8-14(3)9-11-15)22-18-7-5-4-6-16(17)18/h4-13H,1-3H3,(H,21,23). The van der Waals surface area contributed by atoms with Gasteiger partial charge in [0.15, 0.2) is 0 Å². The molecule has 0 unspecified atom stereocenters. The molecule has 0 atom stereocenters. The number of aryl methyl sites for hydroxylation is 1. The lowest BCUT2D eigenvalue weighted by Gasteiger charge is -2.12. The molecule has 2 aromatic carbocycles. The van der Waals surface area contributed by atoms with Gasteiger partial charge in [-0.3, -0.25) is 4.79 Å². The summed E-state index contributed by atoms with van der Waals surface area (Å²) in [6, 6.07) is 17.9. The Kier molecular flexibility index (Phi) is 4.11. The van der Waals surface area contributed by atoms with Gasteiger partial charge >= 0.3 is 0 Å². The van der Waals surface area contributed by atoms with Crippen molar-refractivity contribution in [2.45, 2.75) is 26.8 Å². The van der Waals surface area contributed by atoms with Crippen molar-refractivity contribution in [1.29, 1.82) is 0 Å². The molecule has 0 saturated heterocycles. The summed E-state index contributed by atoms with van der Waals surface area (Å²) < 4.78 is 0. The van der Waals surface area contributed by atoms with Crippen molar-refractivity contribution in [1.82, 2.24) is 10.3 Å². The molecule has 0 bridgehead atoms.